The van der Waals surface area contributed by atoms with Crippen LogP contribution < -0.4 is 15.4 Å². The molecule has 6 heteroatoms. The van der Waals surface area contributed by atoms with E-state index < -0.39 is 0 Å². The molecule has 1 saturated carbocycles. The van der Waals surface area contributed by atoms with E-state index >= 15 is 0 Å². The zero-order chi connectivity index (χ0) is 22.2. The second-order valence-electron chi connectivity index (χ2n) is 8.65. The molecule has 2 aliphatic rings. The van der Waals surface area contributed by atoms with Crippen LogP contribution in [0.3, 0.4) is 0 Å². The lowest BCUT2D eigenvalue weighted by atomic mass is 10.1. The fraction of sp³-hybridized carbons (Fsp3) is 0.462. The molecule has 6 nitrogen and oxygen atoms in total. The highest BCUT2D eigenvalue weighted by Crippen LogP contribution is 2.30. The zero-order valence-electron chi connectivity index (χ0n) is 19.0. The number of aliphatic imine (C=N–C) groups is 1. The topological polar surface area (TPSA) is 66.0 Å². The van der Waals surface area contributed by atoms with Crippen LogP contribution in [0.15, 0.2) is 53.5 Å². The summed E-state index contributed by atoms with van der Waals surface area (Å²) in [6, 6.07) is 16.6. The van der Waals surface area contributed by atoms with Crippen molar-refractivity contribution >= 4 is 11.9 Å². The summed E-state index contributed by atoms with van der Waals surface area (Å²) in [5.41, 5.74) is 3.43. The summed E-state index contributed by atoms with van der Waals surface area (Å²) in [5, 5.41) is 6.76. The minimum atomic E-state index is 0.258. The van der Waals surface area contributed by atoms with E-state index in [1.54, 1.807) is 0 Å². The van der Waals surface area contributed by atoms with Gasteiger partial charge in [-0.1, -0.05) is 42.5 Å². The minimum Gasteiger partial charge on any atom is -0.493 e. The van der Waals surface area contributed by atoms with Crippen LogP contribution >= 0.6 is 0 Å². The largest absolute Gasteiger partial charge is 0.493 e. The maximum atomic E-state index is 11.9. The number of nitrogens with zero attached hydrogens (tertiary/aromatic N) is 2. The quantitative estimate of drug-likeness (QED) is 0.440. The van der Waals surface area contributed by atoms with Crippen LogP contribution in [0.25, 0.3) is 0 Å². The van der Waals surface area contributed by atoms with Gasteiger partial charge in [0.15, 0.2) is 5.96 Å². The standard InChI is InChI=1S/C26H34N4O2/c1-2-27-26(29-17-23-9-3-4-10-24(23)32-19-20-12-13-20)28-16-21-7-5-8-22(15-21)18-30-14-6-11-25(30)31/h3-5,7-10,15,20H,2,6,11-14,16-19H2,1H3,(H2,27,28,29). The third kappa shape index (κ3) is 6.49. The summed E-state index contributed by atoms with van der Waals surface area (Å²) < 4.78 is 6.03. The summed E-state index contributed by atoms with van der Waals surface area (Å²) in [6.07, 6.45) is 4.21. The van der Waals surface area contributed by atoms with E-state index in [4.69, 9.17) is 9.73 Å². The maximum absolute atomic E-state index is 11.9. The average molecular weight is 435 g/mol. The Morgan fingerprint density at radius 1 is 1.12 bits per heavy atom. The van der Waals surface area contributed by atoms with Crippen molar-refractivity contribution in [1.82, 2.24) is 15.5 Å². The van der Waals surface area contributed by atoms with Crippen LogP contribution in [0.1, 0.15) is 49.3 Å². The number of ether oxygens (including phenoxy) is 1. The molecule has 1 aliphatic carbocycles. The van der Waals surface area contributed by atoms with Gasteiger partial charge in [0.2, 0.25) is 5.91 Å². The molecule has 2 fully saturated rings. The number of hydrogen-bond acceptors (Lipinski definition) is 3. The molecule has 0 radical (unpaired) electrons. The maximum Gasteiger partial charge on any atom is 0.222 e. The molecule has 170 valence electrons. The highest BCUT2D eigenvalue weighted by Gasteiger charge is 2.22. The molecule has 2 aromatic carbocycles. The van der Waals surface area contributed by atoms with Gasteiger partial charge in [-0.05, 0) is 49.3 Å². The van der Waals surface area contributed by atoms with Crippen molar-refractivity contribution in [2.45, 2.75) is 52.2 Å². The molecule has 2 aromatic rings. The van der Waals surface area contributed by atoms with Crippen LogP contribution in [0.5, 0.6) is 5.75 Å². The van der Waals surface area contributed by atoms with E-state index in [0.29, 0.717) is 26.1 Å². The average Bonchev–Trinajstić information content (AvgIpc) is 3.56. The predicted molar refractivity (Wildman–Crippen MR) is 127 cm³/mol. The lowest BCUT2D eigenvalue weighted by Gasteiger charge is -2.16. The normalized spacial score (nSPS) is 16.3. The smallest absolute Gasteiger partial charge is 0.222 e. The van der Waals surface area contributed by atoms with Gasteiger partial charge >= 0.3 is 0 Å². The van der Waals surface area contributed by atoms with Crippen LogP contribution in [0.4, 0.5) is 0 Å². The fourth-order valence-corrected chi connectivity index (χ4v) is 3.89. The molecule has 0 bridgehead atoms. The fourth-order valence-electron chi connectivity index (χ4n) is 3.89. The monoisotopic (exact) mass is 434 g/mol. The van der Waals surface area contributed by atoms with Crippen molar-refractivity contribution in [3.63, 3.8) is 0 Å². The van der Waals surface area contributed by atoms with Crippen LogP contribution in [-0.2, 0) is 24.4 Å². The summed E-state index contributed by atoms with van der Waals surface area (Å²) in [5.74, 6) is 2.72. The number of para-hydroxylation sites is 1. The number of guanidine groups is 1. The lowest BCUT2D eigenvalue weighted by Crippen LogP contribution is -2.36. The van der Waals surface area contributed by atoms with Gasteiger partial charge in [0.25, 0.3) is 0 Å². The van der Waals surface area contributed by atoms with Gasteiger partial charge in [-0.15, -0.1) is 0 Å². The van der Waals surface area contributed by atoms with Crippen molar-refractivity contribution < 1.29 is 9.53 Å². The van der Waals surface area contributed by atoms with Crippen molar-refractivity contribution in [3.05, 3.63) is 65.2 Å². The number of carbonyl (C=O) groups excluding carboxylic acids is 1. The van der Waals surface area contributed by atoms with Crippen LogP contribution in [0.2, 0.25) is 0 Å². The number of nitrogens with one attached hydrogen (secondary N) is 2. The van der Waals surface area contributed by atoms with E-state index in [0.717, 1.165) is 60.4 Å². The zero-order valence-corrected chi connectivity index (χ0v) is 19.0. The van der Waals surface area contributed by atoms with E-state index in [1.165, 1.54) is 12.8 Å². The van der Waals surface area contributed by atoms with E-state index in [1.807, 2.05) is 23.1 Å². The Balaban J connectivity index is 1.35. The second-order valence-corrected chi connectivity index (χ2v) is 8.65. The van der Waals surface area contributed by atoms with Crippen molar-refractivity contribution in [2.75, 3.05) is 19.7 Å². The van der Waals surface area contributed by atoms with Gasteiger partial charge in [-0.2, -0.15) is 0 Å². The van der Waals surface area contributed by atoms with Crippen LogP contribution in [0, 0.1) is 5.92 Å². The van der Waals surface area contributed by atoms with Crippen molar-refractivity contribution in [1.29, 1.82) is 0 Å². The van der Waals surface area contributed by atoms with Crippen molar-refractivity contribution in [3.8, 4) is 5.75 Å². The summed E-state index contributed by atoms with van der Waals surface area (Å²) in [6.45, 7) is 6.46. The minimum absolute atomic E-state index is 0.258. The third-order valence-electron chi connectivity index (χ3n) is 5.89. The number of amides is 1. The molecule has 4 rings (SSSR count). The van der Waals surface area contributed by atoms with Gasteiger partial charge in [-0.3, -0.25) is 4.79 Å². The Morgan fingerprint density at radius 3 is 2.75 bits per heavy atom. The first-order valence-corrected chi connectivity index (χ1v) is 11.8. The second kappa shape index (κ2) is 11.0. The molecule has 0 spiro atoms. The number of hydrogen-bond donors (Lipinski definition) is 2. The highest BCUT2D eigenvalue weighted by molar-refractivity contribution is 5.80. The number of rotatable bonds is 10. The lowest BCUT2D eigenvalue weighted by molar-refractivity contribution is -0.128. The van der Waals surface area contributed by atoms with E-state index in [-0.39, 0.29) is 5.91 Å². The molecular formula is C26H34N4O2. The Morgan fingerprint density at radius 2 is 1.97 bits per heavy atom. The summed E-state index contributed by atoms with van der Waals surface area (Å²) in [7, 11) is 0. The van der Waals surface area contributed by atoms with E-state index in [2.05, 4.69) is 47.9 Å². The summed E-state index contributed by atoms with van der Waals surface area (Å²) in [4.78, 5) is 18.6. The van der Waals surface area contributed by atoms with Gasteiger partial charge in [0.05, 0.1) is 13.2 Å². The van der Waals surface area contributed by atoms with Crippen molar-refractivity contribution in [2.24, 2.45) is 10.9 Å². The Labute approximate surface area is 191 Å². The molecule has 1 saturated heterocycles. The molecule has 1 aliphatic heterocycles. The number of likely N-dealkylation sites (tertiary alicyclic amines) is 1. The van der Waals surface area contributed by atoms with Crippen LogP contribution in [-0.4, -0.2) is 36.5 Å². The SMILES string of the molecule is CCNC(=NCc1cccc(CN2CCCC2=O)c1)NCc1ccccc1OCC1CC1. The molecule has 2 N–H and O–H groups in total. The third-order valence-corrected chi connectivity index (χ3v) is 5.89. The Bertz CT molecular complexity index is 939. The van der Waals surface area contributed by atoms with E-state index in [9.17, 15) is 4.79 Å². The molecule has 32 heavy (non-hydrogen) atoms. The van der Waals surface area contributed by atoms with Gasteiger partial charge < -0.3 is 20.3 Å². The first-order valence-electron chi connectivity index (χ1n) is 11.8. The predicted octanol–water partition coefficient (Wildman–Crippen LogP) is 3.85. The van der Waals surface area contributed by atoms with Gasteiger partial charge in [0, 0.05) is 38.2 Å². The van der Waals surface area contributed by atoms with Gasteiger partial charge in [0.1, 0.15) is 5.75 Å². The number of carbonyl (C=O) groups is 1. The molecule has 1 amide bonds. The highest BCUT2D eigenvalue weighted by atomic mass is 16.5. The molecule has 0 aromatic heterocycles. The summed E-state index contributed by atoms with van der Waals surface area (Å²) >= 11 is 0. The molecular weight excluding hydrogens is 400 g/mol. The first-order chi connectivity index (χ1) is 15.7. The van der Waals surface area contributed by atoms with Gasteiger partial charge in [-0.25, -0.2) is 4.99 Å². The molecule has 0 unspecified atom stereocenters. The number of benzene rings is 2. The molecule has 1 heterocycles. The first kappa shape index (κ1) is 22.2. The Kier molecular flexibility index (Phi) is 7.64. The Hall–Kier alpha value is -3.02. The molecule has 0 atom stereocenters.